The predicted molar refractivity (Wildman–Crippen MR) is 111 cm³/mol. The lowest BCUT2D eigenvalue weighted by Crippen LogP contribution is -2.22. The Kier molecular flexibility index (Phi) is 10.8. The van der Waals surface area contributed by atoms with E-state index in [4.69, 9.17) is 10.7 Å². The number of benzene rings is 2. The van der Waals surface area contributed by atoms with E-state index in [1.807, 2.05) is 27.9 Å². The number of hydrogen-bond acceptors (Lipinski definition) is 5. The van der Waals surface area contributed by atoms with Crippen molar-refractivity contribution in [1.29, 1.82) is 0 Å². The van der Waals surface area contributed by atoms with Gasteiger partial charge in [-0.15, -0.1) is 0 Å². The number of rotatable bonds is 3. The smallest absolute Gasteiger partial charge is 0.261 e. The van der Waals surface area contributed by atoms with E-state index in [-0.39, 0.29) is 4.90 Å². The lowest BCUT2D eigenvalue weighted by atomic mass is 10.2. The Labute approximate surface area is 167 Å². The van der Waals surface area contributed by atoms with Crippen molar-refractivity contribution in [3.8, 4) is 0 Å². The molecule has 0 saturated carbocycles. The molecule has 6 nitrogen and oxygen atoms in total. The van der Waals surface area contributed by atoms with Crippen molar-refractivity contribution in [3.05, 3.63) is 59.7 Å². The third-order valence-corrected chi connectivity index (χ3v) is 6.30. The molecule has 1 N–H and O–H groups in total. The third kappa shape index (κ3) is 9.34. The molecule has 0 amide bonds. The molecule has 2 aromatic rings. The Morgan fingerprint density at radius 2 is 1.04 bits per heavy atom. The van der Waals surface area contributed by atoms with Gasteiger partial charge < -0.3 is 5.32 Å². The Hall–Kier alpha value is -1.45. The summed E-state index contributed by atoms with van der Waals surface area (Å²) < 4.78 is 45.8. The van der Waals surface area contributed by atoms with Gasteiger partial charge >= 0.3 is 0 Å². The zero-order chi connectivity index (χ0) is 21.3. The summed E-state index contributed by atoms with van der Waals surface area (Å²) in [5.41, 5.74) is 2.06. The lowest BCUT2D eigenvalue weighted by Gasteiger charge is -2.10. The third-order valence-electron chi connectivity index (χ3n) is 3.10. The number of nitrogens with zero attached hydrogens (tertiary/aromatic N) is 1. The summed E-state index contributed by atoms with van der Waals surface area (Å²) in [6.45, 7) is 3.80. The standard InChI is InChI=1S/C9H13NO2S.C7H7ClO2S.C2H7N/c1-8-4-6-9(7-5-8)13(11,12)10(2)3;1-6-2-4-7(5-3-6)11(8,9)10;1-3-2/h4-7H,1-3H3;2-5H,1H3;3H,1-2H3. The molecule has 152 valence electrons. The van der Waals surface area contributed by atoms with E-state index < -0.39 is 19.1 Å². The SMILES string of the molecule is CNC.Cc1ccc(S(=O)(=O)Cl)cc1.Cc1ccc(S(=O)(=O)N(C)C)cc1. The molecule has 0 fully saturated rings. The van der Waals surface area contributed by atoms with Gasteiger partial charge in [-0.3, -0.25) is 0 Å². The molecular weight excluding hydrogens is 408 g/mol. The van der Waals surface area contributed by atoms with E-state index in [2.05, 4.69) is 5.32 Å². The minimum atomic E-state index is -3.55. The van der Waals surface area contributed by atoms with Gasteiger partial charge in [0.15, 0.2) is 0 Å². The van der Waals surface area contributed by atoms with Gasteiger partial charge in [-0.2, -0.15) is 0 Å². The number of aryl methyl sites for hydroxylation is 2. The Bertz CT molecular complexity index is 893. The fourth-order valence-corrected chi connectivity index (χ4v) is 3.29. The van der Waals surface area contributed by atoms with Crippen LogP contribution in [0, 0.1) is 13.8 Å². The summed E-state index contributed by atoms with van der Waals surface area (Å²) in [6, 6.07) is 13.2. The molecule has 0 aliphatic carbocycles. The van der Waals surface area contributed by atoms with Crippen molar-refractivity contribution < 1.29 is 16.8 Å². The van der Waals surface area contributed by atoms with Crippen LogP contribution in [0.1, 0.15) is 11.1 Å². The van der Waals surface area contributed by atoms with Gasteiger partial charge in [0.25, 0.3) is 9.05 Å². The fourth-order valence-electron chi connectivity index (χ4n) is 1.62. The number of sulfonamides is 1. The van der Waals surface area contributed by atoms with E-state index in [0.717, 1.165) is 11.1 Å². The molecule has 0 radical (unpaired) electrons. The van der Waals surface area contributed by atoms with Crippen molar-refractivity contribution in [2.45, 2.75) is 23.6 Å². The normalized spacial score (nSPS) is 11.1. The van der Waals surface area contributed by atoms with Crippen LogP contribution >= 0.6 is 10.7 Å². The molecule has 0 aliphatic heterocycles. The first-order valence-corrected chi connectivity index (χ1v) is 11.7. The van der Waals surface area contributed by atoms with Crippen LogP contribution in [0.2, 0.25) is 0 Å². The van der Waals surface area contributed by atoms with Gasteiger partial charge in [-0.25, -0.2) is 21.1 Å². The zero-order valence-corrected chi connectivity index (χ0v) is 18.8. The largest absolute Gasteiger partial charge is 0.323 e. The molecule has 0 heterocycles. The summed E-state index contributed by atoms with van der Waals surface area (Å²) in [4.78, 5) is 0.480. The predicted octanol–water partition coefficient (Wildman–Crippen LogP) is 3.00. The molecule has 0 aromatic heterocycles. The van der Waals surface area contributed by atoms with Gasteiger partial charge in [0, 0.05) is 24.8 Å². The van der Waals surface area contributed by atoms with Crippen LogP contribution in [0.5, 0.6) is 0 Å². The van der Waals surface area contributed by atoms with Crippen LogP contribution in [0.25, 0.3) is 0 Å². The second-order valence-corrected chi connectivity index (χ2v) is 10.6. The van der Waals surface area contributed by atoms with E-state index in [0.29, 0.717) is 4.90 Å². The van der Waals surface area contributed by atoms with Gasteiger partial charge in [0.1, 0.15) is 0 Å². The highest BCUT2D eigenvalue weighted by molar-refractivity contribution is 8.13. The molecule has 0 aliphatic rings. The van der Waals surface area contributed by atoms with Gasteiger partial charge in [0.2, 0.25) is 10.0 Å². The molecule has 0 unspecified atom stereocenters. The molecule has 0 atom stereocenters. The Morgan fingerprint density at radius 3 is 1.30 bits per heavy atom. The van der Waals surface area contributed by atoms with Crippen LogP contribution in [-0.4, -0.2) is 49.3 Å². The molecule has 0 saturated heterocycles. The summed E-state index contributed by atoms with van der Waals surface area (Å²) >= 11 is 0. The average Bonchev–Trinajstić information content (AvgIpc) is 2.56. The van der Waals surface area contributed by atoms with Crippen molar-refractivity contribution >= 4 is 29.8 Å². The van der Waals surface area contributed by atoms with E-state index in [1.165, 1.54) is 30.5 Å². The molecular formula is C18H27ClN2O4S2. The molecule has 9 heteroatoms. The molecule has 2 aromatic carbocycles. The van der Waals surface area contributed by atoms with Crippen LogP contribution in [-0.2, 0) is 19.1 Å². The van der Waals surface area contributed by atoms with E-state index >= 15 is 0 Å². The van der Waals surface area contributed by atoms with Crippen LogP contribution < -0.4 is 5.32 Å². The number of nitrogens with one attached hydrogen (secondary N) is 1. The lowest BCUT2D eigenvalue weighted by molar-refractivity contribution is 0.520. The molecule has 0 bridgehead atoms. The summed E-state index contributed by atoms with van der Waals surface area (Å²) in [5.74, 6) is 0. The summed E-state index contributed by atoms with van der Waals surface area (Å²) in [6.07, 6.45) is 0. The van der Waals surface area contributed by atoms with Gasteiger partial charge in [0.05, 0.1) is 9.79 Å². The quantitative estimate of drug-likeness (QED) is 0.750. The van der Waals surface area contributed by atoms with Crippen molar-refractivity contribution in [2.24, 2.45) is 0 Å². The Balaban J connectivity index is 0.000000442. The second kappa shape index (κ2) is 11.4. The molecule has 0 spiro atoms. The first-order chi connectivity index (χ1) is 12.4. The highest BCUT2D eigenvalue weighted by Crippen LogP contribution is 2.14. The topological polar surface area (TPSA) is 83.5 Å². The molecule has 27 heavy (non-hydrogen) atoms. The average molecular weight is 435 g/mol. The van der Waals surface area contributed by atoms with E-state index in [1.54, 1.807) is 36.4 Å². The van der Waals surface area contributed by atoms with Gasteiger partial charge in [-0.05, 0) is 52.2 Å². The highest BCUT2D eigenvalue weighted by Gasteiger charge is 2.15. The minimum Gasteiger partial charge on any atom is -0.323 e. The summed E-state index contributed by atoms with van der Waals surface area (Å²) in [5, 5.41) is 2.75. The van der Waals surface area contributed by atoms with Crippen molar-refractivity contribution in [2.75, 3.05) is 28.2 Å². The minimum absolute atomic E-state index is 0.143. The maximum absolute atomic E-state index is 11.6. The first-order valence-electron chi connectivity index (χ1n) is 7.95. The molecule has 2 rings (SSSR count). The number of hydrogen-bond donors (Lipinski definition) is 1. The van der Waals surface area contributed by atoms with Crippen LogP contribution in [0.4, 0.5) is 0 Å². The zero-order valence-electron chi connectivity index (χ0n) is 16.4. The monoisotopic (exact) mass is 434 g/mol. The Morgan fingerprint density at radius 1 is 0.741 bits per heavy atom. The van der Waals surface area contributed by atoms with Gasteiger partial charge in [-0.1, -0.05) is 35.4 Å². The second-order valence-electron chi connectivity index (χ2n) is 5.85. The van der Waals surface area contributed by atoms with Crippen molar-refractivity contribution in [3.63, 3.8) is 0 Å². The first kappa shape index (κ1) is 25.6. The fraction of sp³-hybridized carbons (Fsp3) is 0.333. The van der Waals surface area contributed by atoms with Crippen LogP contribution in [0.3, 0.4) is 0 Å². The number of halogens is 1. The van der Waals surface area contributed by atoms with E-state index in [9.17, 15) is 16.8 Å². The van der Waals surface area contributed by atoms with Crippen molar-refractivity contribution in [1.82, 2.24) is 9.62 Å². The summed E-state index contributed by atoms with van der Waals surface area (Å²) in [7, 11) is 5.07. The highest BCUT2D eigenvalue weighted by atomic mass is 35.7. The van der Waals surface area contributed by atoms with Crippen LogP contribution in [0.15, 0.2) is 58.3 Å². The maximum Gasteiger partial charge on any atom is 0.261 e. The maximum atomic E-state index is 11.6.